The maximum absolute atomic E-state index is 6.51. The third-order valence-corrected chi connectivity index (χ3v) is 8.22. The molecule has 0 amide bonds. The van der Waals surface area contributed by atoms with E-state index in [0.717, 1.165) is 50.0 Å². The van der Waals surface area contributed by atoms with E-state index in [9.17, 15) is 0 Å². The Morgan fingerprint density at radius 3 is 2.28 bits per heavy atom. The molecule has 0 aliphatic heterocycles. The Hall–Kier alpha value is -4.47. The van der Waals surface area contributed by atoms with E-state index < -0.39 is 0 Å². The van der Waals surface area contributed by atoms with E-state index in [4.69, 9.17) is 14.8 Å². The van der Waals surface area contributed by atoms with Gasteiger partial charge in [-0.3, -0.25) is 4.68 Å². The molecule has 0 spiro atoms. The molecule has 0 unspecified atom stereocenters. The number of benzene rings is 4. The van der Waals surface area contributed by atoms with Gasteiger partial charge in [-0.25, -0.2) is 4.98 Å². The first-order valence-electron chi connectivity index (χ1n) is 15.0. The standard InChI is InChI=1S/C39H34N4O.CH4.Pt/c1-24(2)29-18-31(42-23-30(22-41-42)39-27(5)15-26(4)16-28(39)6)20-33(19-29)44-32-11-12-35-34-9-7-8-10-36(34)43(37(35)21-32)38-17-25(3)13-14-40-38;;/h7-19,22-24H,1-6H3;1H4;/q-2;;+2. The Kier molecular flexibility index (Phi) is 9.37. The summed E-state index contributed by atoms with van der Waals surface area (Å²) < 4.78 is 10.6. The molecule has 46 heavy (non-hydrogen) atoms. The number of para-hydroxylation sites is 1. The van der Waals surface area contributed by atoms with Crippen LogP contribution in [-0.4, -0.2) is 19.3 Å². The summed E-state index contributed by atoms with van der Waals surface area (Å²) in [6.45, 7) is 12.9. The van der Waals surface area contributed by atoms with E-state index in [2.05, 4.69) is 125 Å². The Balaban J connectivity index is 0.00000208. The molecular formula is C40H38N4OPt. The molecule has 0 saturated heterocycles. The first-order valence-corrected chi connectivity index (χ1v) is 15.0. The molecule has 0 fully saturated rings. The molecule has 234 valence electrons. The van der Waals surface area contributed by atoms with Crippen molar-refractivity contribution in [3.8, 4) is 34.1 Å². The SMILES string of the molecule is C.Cc1ccnc(-n2c3[c-]c(Oc4[c-]c(-n5cc(-c6c(C)cc(C)cc6C)cn5)cc(C(C)C)c4)ccc3c3ccccc32)c1.[Pt+2]. The van der Waals surface area contributed by atoms with Crippen LogP contribution in [0.5, 0.6) is 11.5 Å². The number of aryl methyl sites for hydroxylation is 4. The predicted molar refractivity (Wildman–Crippen MR) is 185 cm³/mol. The molecular weight excluding hydrogens is 748 g/mol. The largest absolute Gasteiger partial charge is 2.00 e. The molecule has 3 heterocycles. The molecule has 0 atom stereocenters. The van der Waals surface area contributed by atoms with E-state index in [0.29, 0.717) is 17.4 Å². The molecule has 0 bridgehead atoms. The molecule has 0 aliphatic rings. The maximum Gasteiger partial charge on any atom is 2.00 e. The van der Waals surface area contributed by atoms with Gasteiger partial charge < -0.3 is 9.30 Å². The fourth-order valence-electron chi connectivity index (χ4n) is 6.21. The van der Waals surface area contributed by atoms with Crippen molar-refractivity contribution in [2.24, 2.45) is 0 Å². The van der Waals surface area contributed by atoms with Crippen molar-refractivity contribution >= 4 is 21.8 Å². The Labute approximate surface area is 286 Å². The molecule has 0 aliphatic carbocycles. The van der Waals surface area contributed by atoms with Gasteiger partial charge in [0.15, 0.2) is 0 Å². The maximum atomic E-state index is 6.51. The molecule has 6 heteroatoms. The van der Waals surface area contributed by atoms with Gasteiger partial charge in [0.2, 0.25) is 0 Å². The molecule has 7 rings (SSSR count). The summed E-state index contributed by atoms with van der Waals surface area (Å²) >= 11 is 0. The number of hydrogen-bond acceptors (Lipinski definition) is 3. The zero-order chi connectivity index (χ0) is 30.5. The van der Waals surface area contributed by atoms with Crippen LogP contribution in [-0.2, 0) is 21.1 Å². The zero-order valence-electron chi connectivity index (χ0n) is 26.3. The molecule has 0 saturated carbocycles. The van der Waals surface area contributed by atoms with Gasteiger partial charge in [-0.15, -0.1) is 41.3 Å². The van der Waals surface area contributed by atoms with E-state index in [-0.39, 0.29) is 28.5 Å². The molecule has 0 radical (unpaired) electrons. The number of hydrogen-bond donors (Lipinski definition) is 0. The topological polar surface area (TPSA) is 44.9 Å². The second kappa shape index (κ2) is 13.1. The first-order chi connectivity index (χ1) is 21.2. The van der Waals surface area contributed by atoms with Crippen LogP contribution >= 0.6 is 0 Å². The monoisotopic (exact) mass is 785 g/mol. The average molecular weight is 786 g/mol. The smallest absolute Gasteiger partial charge is 0.509 e. The number of pyridine rings is 1. The Morgan fingerprint density at radius 1 is 0.783 bits per heavy atom. The van der Waals surface area contributed by atoms with Gasteiger partial charge in [-0.2, -0.15) is 11.2 Å². The van der Waals surface area contributed by atoms with Crippen molar-refractivity contribution in [2.45, 2.75) is 54.9 Å². The number of ether oxygens (including phenoxy) is 1. The Morgan fingerprint density at radius 2 is 1.54 bits per heavy atom. The van der Waals surface area contributed by atoms with Gasteiger partial charge in [0.1, 0.15) is 5.82 Å². The van der Waals surface area contributed by atoms with Crippen molar-refractivity contribution in [1.29, 1.82) is 0 Å². The van der Waals surface area contributed by atoms with Crippen molar-refractivity contribution in [1.82, 2.24) is 19.3 Å². The van der Waals surface area contributed by atoms with Gasteiger partial charge in [0.25, 0.3) is 0 Å². The summed E-state index contributed by atoms with van der Waals surface area (Å²) in [6, 6.07) is 32.2. The summed E-state index contributed by atoms with van der Waals surface area (Å²) in [6.07, 6.45) is 5.86. The summed E-state index contributed by atoms with van der Waals surface area (Å²) in [5, 5.41) is 7.00. The van der Waals surface area contributed by atoms with Crippen LogP contribution in [0.2, 0.25) is 0 Å². The van der Waals surface area contributed by atoms with Gasteiger partial charge in [0, 0.05) is 35.0 Å². The van der Waals surface area contributed by atoms with Crippen LogP contribution in [0.15, 0.2) is 91.4 Å². The number of nitrogens with zero attached hydrogens (tertiary/aromatic N) is 4. The van der Waals surface area contributed by atoms with Crippen LogP contribution < -0.4 is 4.74 Å². The average Bonchev–Trinajstić information content (AvgIpc) is 3.59. The molecule has 4 aromatic carbocycles. The quantitative estimate of drug-likeness (QED) is 0.158. The van der Waals surface area contributed by atoms with Crippen molar-refractivity contribution in [3.63, 3.8) is 0 Å². The van der Waals surface area contributed by atoms with E-state index in [1.54, 1.807) is 0 Å². The van der Waals surface area contributed by atoms with Crippen LogP contribution in [0.4, 0.5) is 0 Å². The minimum atomic E-state index is 0. The van der Waals surface area contributed by atoms with Crippen LogP contribution in [0, 0.1) is 39.8 Å². The second-order valence-electron chi connectivity index (χ2n) is 12.0. The Bertz CT molecular complexity index is 2170. The number of rotatable bonds is 6. The van der Waals surface area contributed by atoms with Crippen molar-refractivity contribution in [2.75, 3.05) is 0 Å². The molecule has 5 nitrogen and oxygen atoms in total. The van der Waals surface area contributed by atoms with Gasteiger partial charge in [-0.05, 0) is 85.1 Å². The second-order valence-corrected chi connectivity index (χ2v) is 12.0. The minimum absolute atomic E-state index is 0. The van der Waals surface area contributed by atoms with Crippen LogP contribution in [0.3, 0.4) is 0 Å². The summed E-state index contributed by atoms with van der Waals surface area (Å²) in [4.78, 5) is 4.70. The van der Waals surface area contributed by atoms with Crippen LogP contribution in [0.1, 0.15) is 55.0 Å². The van der Waals surface area contributed by atoms with Crippen LogP contribution in [0.25, 0.3) is 44.4 Å². The normalized spacial score (nSPS) is 11.1. The third-order valence-electron chi connectivity index (χ3n) is 8.22. The van der Waals surface area contributed by atoms with Crippen molar-refractivity contribution in [3.05, 3.63) is 131 Å². The summed E-state index contributed by atoms with van der Waals surface area (Å²) in [5.74, 6) is 2.39. The van der Waals surface area contributed by atoms with Gasteiger partial charge in [0.05, 0.1) is 6.20 Å². The van der Waals surface area contributed by atoms with E-state index in [1.807, 2.05) is 29.2 Å². The molecule has 3 aromatic heterocycles. The molecule has 0 N–H and O–H groups in total. The minimum Gasteiger partial charge on any atom is -0.509 e. The predicted octanol–water partition coefficient (Wildman–Crippen LogP) is 10.4. The van der Waals surface area contributed by atoms with Gasteiger partial charge >= 0.3 is 21.1 Å². The molecule has 7 aromatic rings. The third kappa shape index (κ3) is 6.04. The zero-order valence-corrected chi connectivity index (χ0v) is 28.5. The number of aromatic nitrogens is 4. The van der Waals surface area contributed by atoms with Crippen molar-refractivity contribution < 1.29 is 25.8 Å². The van der Waals surface area contributed by atoms with E-state index in [1.165, 1.54) is 22.3 Å². The summed E-state index contributed by atoms with van der Waals surface area (Å²) in [7, 11) is 0. The summed E-state index contributed by atoms with van der Waals surface area (Å²) in [5.41, 5.74) is 11.2. The van der Waals surface area contributed by atoms with Gasteiger partial charge in [-0.1, -0.05) is 62.7 Å². The number of fused-ring (bicyclic) bond motifs is 3. The van der Waals surface area contributed by atoms with E-state index >= 15 is 0 Å². The fourth-order valence-corrected chi connectivity index (χ4v) is 6.21. The fraction of sp³-hybridized carbons (Fsp3) is 0.200. The first kappa shape index (κ1) is 32.9.